The van der Waals surface area contributed by atoms with Crippen LogP contribution in [-0.4, -0.2) is 66.5 Å². The van der Waals surface area contributed by atoms with Gasteiger partial charge >= 0.3 is 0 Å². The molecule has 3 aromatic carbocycles. The van der Waals surface area contributed by atoms with Gasteiger partial charge in [0.1, 0.15) is 17.9 Å². The van der Waals surface area contributed by atoms with E-state index in [-0.39, 0.29) is 10.3 Å². The second kappa shape index (κ2) is 11.9. The summed E-state index contributed by atoms with van der Waals surface area (Å²) in [7, 11) is -4.00. The molecule has 0 amide bonds. The lowest BCUT2D eigenvalue weighted by Crippen LogP contribution is -2.44. The van der Waals surface area contributed by atoms with Crippen molar-refractivity contribution in [1.29, 1.82) is 0 Å². The van der Waals surface area contributed by atoms with Crippen molar-refractivity contribution in [3.8, 4) is 11.6 Å². The van der Waals surface area contributed by atoms with Crippen LogP contribution in [0.3, 0.4) is 0 Å². The number of anilines is 1. The molecule has 10 nitrogen and oxygen atoms in total. The fourth-order valence-corrected chi connectivity index (χ4v) is 5.80. The quantitative estimate of drug-likeness (QED) is 0.262. The summed E-state index contributed by atoms with van der Waals surface area (Å²) in [5.74, 6) is 1.69. The van der Waals surface area contributed by atoms with Crippen LogP contribution in [0.25, 0.3) is 27.8 Å². The smallest absolute Gasteiger partial charge is 0.294 e. The minimum absolute atomic E-state index is 0.0741. The molecule has 2 aromatic heterocycles. The molecule has 3 N–H and O–H groups in total. The van der Waals surface area contributed by atoms with Crippen LogP contribution in [0.4, 0.5) is 5.69 Å². The molecule has 11 heteroatoms. The second-order valence-corrected chi connectivity index (χ2v) is 12.9. The SMILES string of the molecule is CC1(COc2ccc3c(c2)ncn3-c2ccc3cccc(N4CCC(N)CC4)c3n2)COC1.O=S(=O)(O)c1ccccc1. The number of aromatic nitrogens is 3. The van der Waals surface area contributed by atoms with Crippen molar-refractivity contribution < 1.29 is 22.4 Å². The van der Waals surface area contributed by atoms with Crippen molar-refractivity contribution in [2.24, 2.45) is 11.1 Å². The van der Waals surface area contributed by atoms with Crippen molar-refractivity contribution in [3.05, 3.63) is 85.2 Å². The molecule has 2 saturated heterocycles. The number of benzene rings is 3. The van der Waals surface area contributed by atoms with E-state index in [0.29, 0.717) is 12.6 Å². The average Bonchev–Trinajstić information content (AvgIpc) is 3.43. The Balaban J connectivity index is 0.000000281. The van der Waals surface area contributed by atoms with E-state index in [9.17, 15) is 8.42 Å². The minimum atomic E-state index is -4.00. The Labute approximate surface area is 250 Å². The van der Waals surface area contributed by atoms with Crippen molar-refractivity contribution in [2.75, 3.05) is 37.8 Å². The number of nitrogens with zero attached hydrogens (tertiary/aromatic N) is 4. The fourth-order valence-electron chi connectivity index (χ4n) is 5.30. The number of para-hydroxylation sites is 1. The maximum atomic E-state index is 10.4. The molecular formula is C32H35N5O5S. The molecule has 2 aliphatic heterocycles. The summed E-state index contributed by atoms with van der Waals surface area (Å²) >= 11 is 0. The molecule has 5 aromatic rings. The molecule has 0 saturated carbocycles. The topological polar surface area (TPSA) is 133 Å². The van der Waals surface area contributed by atoms with E-state index in [4.69, 9.17) is 24.7 Å². The number of hydrogen-bond donors (Lipinski definition) is 2. The highest BCUT2D eigenvalue weighted by molar-refractivity contribution is 7.85. The Morgan fingerprint density at radius 2 is 1.79 bits per heavy atom. The Hall–Kier alpha value is -4.03. The van der Waals surface area contributed by atoms with Crippen molar-refractivity contribution >= 4 is 37.7 Å². The highest BCUT2D eigenvalue weighted by Crippen LogP contribution is 2.31. The number of fused-ring (bicyclic) bond motifs is 2. The third-order valence-corrected chi connectivity index (χ3v) is 8.73. The third kappa shape index (κ3) is 6.50. The van der Waals surface area contributed by atoms with Crippen LogP contribution < -0.4 is 15.4 Å². The standard InChI is InChI=1S/C26H29N5O2.C6H6O3S/c1-26(14-32-15-26)16-33-20-6-7-22-21(13-20)28-17-31(22)24-8-5-18-3-2-4-23(25(18)29-24)30-11-9-19(27)10-12-30;7-10(8,9)6-4-2-1-3-5-6/h2-8,13,17,19H,9-12,14-16,27H2,1H3;1-5H,(H,7,8,9). The van der Waals surface area contributed by atoms with Gasteiger partial charge in [0.15, 0.2) is 0 Å². The zero-order chi connectivity index (χ0) is 30.0. The lowest BCUT2D eigenvalue weighted by atomic mass is 9.90. The van der Waals surface area contributed by atoms with Gasteiger partial charge in [0.2, 0.25) is 0 Å². The summed E-state index contributed by atoms with van der Waals surface area (Å²) in [6, 6.07) is 24.4. The molecule has 2 fully saturated rings. The molecule has 224 valence electrons. The van der Waals surface area contributed by atoms with Crippen LogP contribution in [0.15, 0.2) is 90.1 Å². The number of rotatable bonds is 6. The van der Waals surface area contributed by atoms with E-state index in [2.05, 4.69) is 53.2 Å². The average molecular weight is 602 g/mol. The molecule has 0 unspecified atom stereocenters. The van der Waals surface area contributed by atoms with Gasteiger partial charge in [-0.1, -0.05) is 37.3 Å². The maximum absolute atomic E-state index is 10.4. The van der Waals surface area contributed by atoms with Gasteiger partial charge in [0.05, 0.1) is 47.0 Å². The highest BCUT2D eigenvalue weighted by atomic mass is 32.2. The first-order chi connectivity index (χ1) is 20.7. The number of pyridine rings is 1. The van der Waals surface area contributed by atoms with Gasteiger partial charge in [-0.25, -0.2) is 9.97 Å². The fraction of sp³-hybridized carbons (Fsp3) is 0.312. The molecule has 0 atom stereocenters. The van der Waals surface area contributed by atoms with E-state index in [0.717, 1.165) is 72.6 Å². The van der Waals surface area contributed by atoms with Crippen LogP contribution in [0, 0.1) is 5.41 Å². The van der Waals surface area contributed by atoms with Gasteiger partial charge in [-0.15, -0.1) is 0 Å². The normalized spacial score (nSPS) is 16.9. The number of hydrogen-bond acceptors (Lipinski definition) is 8. The van der Waals surface area contributed by atoms with Crippen molar-refractivity contribution in [1.82, 2.24) is 14.5 Å². The predicted molar refractivity (Wildman–Crippen MR) is 166 cm³/mol. The number of ether oxygens (including phenoxy) is 2. The Kier molecular flexibility index (Phi) is 8.06. The Morgan fingerprint density at radius 3 is 2.47 bits per heavy atom. The first-order valence-corrected chi connectivity index (χ1v) is 15.7. The monoisotopic (exact) mass is 601 g/mol. The van der Waals surface area contributed by atoms with Gasteiger partial charge < -0.3 is 20.1 Å². The molecule has 0 radical (unpaired) electrons. The van der Waals surface area contributed by atoms with E-state index < -0.39 is 10.1 Å². The molecule has 2 aliphatic rings. The summed E-state index contributed by atoms with van der Waals surface area (Å²) in [5, 5.41) is 1.14. The van der Waals surface area contributed by atoms with E-state index >= 15 is 0 Å². The highest BCUT2D eigenvalue weighted by Gasteiger charge is 2.34. The first kappa shape index (κ1) is 29.1. The molecule has 0 aliphatic carbocycles. The van der Waals surface area contributed by atoms with E-state index in [1.54, 1.807) is 18.2 Å². The van der Waals surface area contributed by atoms with Crippen molar-refractivity contribution in [2.45, 2.75) is 30.7 Å². The van der Waals surface area contributed by atoms with Crippen LogP contribution >= 0.6 is 0 Å². The van der Waals surface area contributed by atoms with Gasteiger partial charge in [-0.2, -0.15) is 8.42 Å². The molecule has 4 heterocycles. The number of nitrogens with two attached hydrogens (primary N) is 1. The molecule has 0 bridgehead atoms. The van der Waals surface area contributed by atoms with Gasteiger partial charge in [-0.05, 0) is 55.3 Å². The zero-order valence-electron chi connectivity index (χ0n) is 24.0. The summed E-state index contributed by atoms with van der Waals surface area (Å²) in [6.45, 7) is 6.27. The van der Waals surface area contributed by atoms with E-state index in [1.807, 2.05) is 23.0 Å². The maximum Gasteiger partial charge on any atom is 0.294 e. The van der Waals surface area contributed by atoms with Crippen LogP contribution in [0.1, 0.15) is 19.8 Å². The minimum Gasteiger partial charge on any atom is -0.493 e. The molecule has 0 spiro atoms. The summed E-state index contributed by atoms with van der Waals surface area (Å²) in [4.78, 5) is 12.0. The third-order valence-electron chi connectivity index (χ3n) is 7.86. The van der Waals surface area contributed by atoms with Crippen molar-refractivity contribution in [3.63, 3.8) is 0 Å². The van der Waals surface area contributed by atoms with Gasteiger partial charge in [-0.3, -0.25) is 9.12 Å². The second-order valence-electron chi connectivity index (χ2n) is 11.5. The largest absolute Gasteiger partial charge is 0.493 e. The number of piperidine rings is 1. The number of imidazole rings is 1. The molecule has 7 rings (SSSR count). The van der Waals surface area contributed by atoms with Crippen LogP contribution in [0.2, 0.25) is 0 Å². The summed E-state index contributed by atoms with van der Waals surface area (Å²) in [6.07, 6.45) is 3.86. The first-order valence-electron chi connectivity index (χ1n) is 14.3. The van der Waals surface area contributed by atoms with E-state index in [1.165, 1.54) is 17.8 Å². The Bertz CT molecular complexity index is 1830. The lowest BCUT2D eigenvalue weighted by molar-refractivity contribution is -0.120. The predicted octanol–water partition coefficient (Wildman–Crippen LogP) is 4.85. The van der Waals surface area contributed by atoms with Gasteiger partial charge in [0, 0.05) is 36.0 Å². The summed E-state index contributed by atoms with van der Waals surface area (Å²) < 4.78 is 42.6. The molecule has 43 heavy (non-hydrogen) atoms. The Morgan fingerprint density at radius 1 is 1.02 bits per heavy atom. The van der Waals surface area contributed by atoms with Crippen LogP contribution in [0.5, 0.6) is 5.75 Å². The lowest BCUT2D eigenvalue weighted by Gasteiger charge is -2.37. The van der Waals surface area contributed by atoms with Crippen LogP contribution in [-0.2, 0) is 14.9 Å². The van der Waals surface area contributed by atoms with Gasteiger partial charge in [0.25, 0.3) is 10.1 Å². The molecular weight excluding hydrogens is 566 g/mol. The summed E-state index contributed by atoms with van der Waals surface area (Å²) in [5.41, 5.74) is 10.3. The zero-order valence-corrected chi connectivity index (χ0v) is 24.8.